The van der Waals surface area contributed by atoms with Gasteiger partial charge in [-0.05, 0) is 31.1 Å². The van der Waals surface area contributed by atoms with Crippen molar-refractivity contribution in [2.75, 3.05) is 11.9 Å². The topological polar surface area (TPSA) is 12.5 Å². The Morgan fingerprint density at radius 1 is 1.27 bits per heavy atom. The fourth-order valence-electron chi connectivity index (χ4n) is 2.14. The normalized spacial score (nSPS) is 18.3. The zero-order valence-corrected chi connectivity index (χ0v) is 8.73. The maximum absolute atomic E-state index is 5.86. The number of benzene rings is 1. The first-order valence-corrected chi connectivity index (χ1v) is 5.26. The van der Waals surface area contributed by atoms with E-state index in [1.807, 2.05) is 18.2 Å². The minimum Gasteiger partial charge on any atom is -0.453 e. The van der Waals surface area contributed by atoms with E-state index < -0.39 is 0 Å². The number of anilines is 1. The molecule has 1 heterocycles. The Labute approximate surface area is 89.5 Å². The second-order valence-corrected chi connectivity index (χ2v) is 3.88. The second-order valence-electron chi connectivity index (χ2n) is 3.88. The lowest BCUT2D eigenvalue weighted by atomic mass is 10.1. The number of rotatable bonds is 0. The van der Waals surface area contributed by atoms with Gasteiger partial charge in [-0.25, -0.2) is 0 Å². The summed E-state index contributed by atoms with van der Waals surface area (Å²) in [6.45, 7) is 0. The summed E-state index contributed by atoms with van der Waals surface area (Å²) < 4.78 is 5.86. The minimum atomic E-state index is 0.949. The molecule has 0 atom stereocenters. The van der Waals surface area contributed by atoms with Gasteiger partial charge in [0.05, 0.1) is 11.4 Å². The van der Waals surface area contributed by atoms with E-state index in [2.05, 4.69) is 30.2 Å². The van der Waals surface area contributed by atoms with Gasteiger partial charge >= 0.3 is 0 Å². The van der Waals surface area contributed by atoms with E-state index in [1.165, 1.54) is 5.70 Å². The summed E-state index contributed by atoms with van der Waals surface area (Å²) in [4.78, 5) is 2.23. The SMILES string of the molecule is CN1C2=C(C=CCC2)Oc2ccccc21. The molecule has 0 amide bonds. The molecule has 0 fully saturated rings. The highest BCUT2D eigenvalue weighted by Crippen LogP contribution is 2.39. The van der Waals surface area contributed by atoms with E-state index in [0.717, 1.165) is 30.0 Å². The Balaban J connectivity index is 2.11. The van der Waals surface area contributed by atoms with Crippen molar-refractivity contribution in [1.82, 2.24) is 0 Å². The third-order valence-corrected chi connectivity index (χ3v) is 2.95. The Bertz CT molecular complexity index is 459. The highest BCUT2D eigenvalue weighted by Gasteiger charge is 2.23. The lowest BCUT2D eigenvalue weighted by Crippen LogP contribution is -2.25. The van der Waals surface area contributed by atoms with Crippen LogP contribution < -0.4 is 9.64 Å². The van der Waals surface area contributed by atoms with Crippen molar-refractivity contribution in [3.8, 4) is 5.75 Å². The number of hydrogen-bond acceptors (Lipinski definition) is 2. The quantitative estimate of drug-likeness (QED) is 0.636. The standard InChI is InChI=1S/C13H13NO/c1-14-10-6-2-4-8-12(10)15-13-9-5-3-7-11(13)14/h2,4-6,8-9H,3,7H2,1H3. The van der Waals surface area contributed by atoms with Crippen molar-refractivity contribution in [1.29, 1.82) is 0 Å². The lowest BCUT2D eigenvalue weighted by Gasteiger charge is -2.32. The van der Waals surface area contributed by atoms with Crippen LogP contribution in [0.1, 0.15) is 12.8 Å². The van der Waals surface area contributed by atoms with Gasteiger partial charge < -0.3 is 9.64 Å². The van der Waals surface area contributed by atoms with Crippen LogP contribution in [0.2, 0.25) is 0 Å². The molecule has 0 spiro atoms. The highest BCUT2D eigenvalue weighted by molar-refractivity contribution is 5.65. The molecule has 0 aromatic heterocycles. The molecule has 1 aliphatic heterocycles. The summed E-state index contributed by atoms with van der Waals surface area (Å²) in [7, 11) is 2.11. The van der Waals surface area contributed by atoms with Gasteiger partial charge in [-0.1, -0.05) is 18.2 Å². The van der Waals surface area contributed by atoms with Crippen LogP contribution in [0.15, 0.2) is 47.9 Å². The molecule has 0 bridgehead atoms. The van der Waals surface area contributed by atoms with Crippen LogP contribution >= 0.6 is 0 Å². The Kier molecular flexibility index (Phi) is 1.81. The fraction of sp³-hybridized carbons (Fsp3) is 0.231. The van der Waals surface area contributed by atoms with Crippen molar-refractivity contribution < 1.29 is 4.74 Å². The van der Waals surface area contributed by atoms with E-state index in [4.69, 9.17) is 4.74 Å². The van der Waals surface area contributed by atoms with Gasteiger partial charge in [0.1, 0.15) is 5.76 Å². The van der Waals surface area contributed by atoms with Crippen LogP contribution in [-0.4, -0.2) is 7.05 Å². The molecule has 2 nitrogen and oxygen atoms in total. The van der Waals surface area contributed by atoms with Crippen LogP contribution in [0.4, 0.5) is 5.69 Å². The van der Waals surface area contributed by atoms with Crippen molar-refractivity contribution >= 4 is 5.69 Å². The average molecular weight is 199 g/mol. The average Bonchev–Trinajstić information content (AvgIpc) is 2.30. The number of allylic oxidation sites excluding steroid dienone is 3. The molecule has 1 aliphatic carbocycles. The predicted molar refractivity (Wildman–Crippen MR) is 60.9 cm³/mol. The van der Waals surface area contributed by atoms with Gasteiger partial charge in [0.25, 0.3) is 0 Å². The van der Waals surface area contributed by atoms with Crippen molar-refractivity contribution in [3.63, 3.8) is 0 Å². The second kappa shape index (κ2) is 3.16. The highest BCUT2D eigenvalue weighted by atomic mass is 16.5. The zero-order valence-electron chi connectivity index (χ0n) is 8.73. The zero-order chi connectivity index (χ0) is 10.3. The third-order valence-electron chi connectivity index (χ3n) is 2.95. The van der Waals surface area contributed by atoms with Crippen LogP contribution in [-0.2, 0) is 0 Å². The fourth-order valence-corrected chi connectivity index (χ4v) is 2.14. The van der Waals surface area contributed by atoms with Gasteiger partial charge in [-0.15, -0.1) is 0 Å². The summed E-state index contributed by atoms with van der Waals surface area (Å²) in [5, 5.41) is 0. The molecular weight excluding hydrogens is 186 g/mol. The first kappa shape index (κ1) is 8.60. The summed E-state index contributed by atoms with van der Waals surface area (Å²) in [6, 6.07) is 8.16. The number of fused-ring (bicyclic) bond motifs is 1. The molecule has 2 heteroatoms. The molecule has 15 heavy (non-hydrogen) atoms. The Morgan fingerprint density at radius 2 is 2.13 bits per heavy atom. The first-order chi connectivity index (χ1) is 7.36. The Hall–Kier alpha value is -1.70. The summed E-state index contributed by atoms with van der Waals surface area (Å²) >= 11 is 0. The summed E-state index contributed by atoms with van der Waals surface area (Å²) in [5.74, 6) is 1.95. The molecule has 0 unspecified atom stereocenters. The number of nitrogens with zero attached hydrogens (tertiary/aromatic N) is 1. The number of hydrogen-bond donors (Lipinski definition) is 0. The molecule has 3 rings (SSSR count). The van der Waals surface area contributed by atoms with Gasteiger partial charge in [0.15, 0.2) is 5.75 Å². The van der Waals surface area contributed by atoms with Gasteiger partial charge in [-0.3, -0.25) is 0 Å². The van der Waals surface area contributed by atoms with E-state index in [9.17, 15) is 0 Å². The molecule has 76 valence electrons. The molecular formula is C13H13NO. The molecule has 1 aromatic rings. The largest absolute Gasteiger partial charge is 0.453 e. The van der Waals surface area contributed by atoms with Crippen LogP contribution in [0.3, 0.4) is 0 Å². The number of para-hydroxylation sites is 2. The third kappa shape index (κ3) is 1.25. The van der Waals surface area contributed by atoms with Gasteiger partial charge in [-0.2, -0.15) is 0 Å². The van der Waals surface area contributed by atoms with Crippen molar-refractivity contribution in [3.05, 3.63) is 47.9 Å². The maximum atomic E-state index is 5.86. The van der Waals surface area contributed by atoms with Crippen LogP contribution in [0, 0.1) is 0 Å². The molecule has 0 saturated carbocycles. The number of ether oxygens (including phenoxy) is 1. The monoisotopic (exact) mass is 199 g/mol. The van der Waals surface area contributed by atoms with E-state index in [-0.39, 0.29) is 0 Å². The first-order valence-electron chi connectivity index (χ1n) is 5.26. The summed E-state index contributed by atoms with van der Waals surface area (Å²) in [6.07, 6.45) is 6.41. The smallest absolute Gasteiger partial charge is 0.151 e. The molecule has 1 aromatic carbocycles. The molecule has 0 N–H and O–H groups in total. The van der Waals surface area contributed by atoms with Crippen molar-refractivity contribution in [2.45, 2.75) is 12.8 Å². The summed E-state index contributed by atoms with van der Waals surface area (Å²) in [5.41, 5.74) is 2.45. The predicted octanol–water partition coefficient (Wildman–Crippen LogP) is 3.08. The van der Waals surface area contributed by atoms with Crippen LogP contribution in [0.25, 0.3) is 0 Å². The Morgan fingerprint density at radius 3 is 3.07 bits per heavy atom. The van der Waals surface area contributed by atoms with Gasteiger partial charge in [0, 0.05) is 7.05 Å². The van der Waals surface area contributed by atoms with E-state index in [0.29, 0.717) is 0 Å². The minimum absolute atomic E-state index is 0.949. The van der Waals surface area contributed by atoms with Gasteiger partial charge in [0.2, 0.25) is 0 Å². The molecule has 0 saturated heterocycles. The van der Waals surface area contributed by atoms with E-state index in [1.54, 1.807) is 0 Å². The molecule has 2 aliphatic rings. The van der Waals surface area contributed by atoms with Crippen molar-refractivity contribution in [2.24, 2.45) is 0 Å². The maximum Gasteiger partial charge on any atom is 0.151 e. The van der Waals surface area contributed by atoms with Crippen LogP contribution in [0.5, 0.6) is 5.75 Å². The lowest BCUT2D eigenvalue weighted by molar-refractivity contribution is 0.419. The molecule has 0 radical (unpaired) electrons. The van der Waals surface area contributed by atoms with E-state index >= 15 is 0 Å².